The summed E-state index contributed by atoms with van der Waals surface area (Å²) in [5, 5.41) is 12.0. The van der Waals surface area contributed by atoms with Gasteiger partial charge in [0.05, 0.1) is 25.2 Å². The molecule has 0 aliphatic heterocycles. The van der Waals surface area contributed by atoms with E-state index in [1.165, 1.54) is 22.6 Å². The highest BCUT2D eigenvalue weighted by Crippen LogP contribution is 2.28. The van der Waals surface area contributed by atoms with Crippen LogP contribution in [0.5, 0.6) is 11.5 Å². The summed E-state index contributed by atoms with van der Waals surface area (Å²) in [4.78, 5) is 31.6. The van der Waals surface area contributed by atoms with Crippen LogP contribution in [0.25, 0.3) is 16.7 Å². The number of aryl methyl sites for hydroxylation is 3. The molecule has 0 atom stereocenters. The first-order valence-electron chi connectivity index (χ1n) is 12.6. The Balaban J connectivity index is 1.60. The van der Waals surface area contributed by atoms with Crippen LogP contribution in [0.2, 0.25) is 0 Å². The van der Waals surface area contributed by atoms with E-state index in [9.17, 15) is 14.0 Å². The number of nitrogens with zero attached hydrogens (tertiary/aromatic N) is 3. The molecule has 1 amide bonds. The minimum atomic E-state index is -0.523. The summed E-state index contributed by atoms with van der Waals surface area (Å²) >= 11 is 0. The summed E-state index contributed by atoms with van der Waals surface area (Å²) < 4.78 is 27.1. The molecule has 5 aromatic rings. The van der Waals surface area contributed by atoms with Crippen LogP contribution in [0.1, 0.15) is 27.0 Å². The number of methoxy groups -OCH3 is 2. The smallest absolute Gasteiger partial charge is 0.267 e. The van der Waals surface area contributed by atoms with E-state index < -0.39 is 5.91 Å². The van der Waals surface area contributed by atoms with Crippen LogP contribution in [-0.4, -0.2) is 34.1 Å². The van der Waals surface area contributed by atoms with Crippen molar-refractivity contribution in [3.8, 4) is 11.5 Å². The second kappa shape index (κ2) is 11.0. The highest BCUT2D eigenvalue weighted by molar-refractivity contribution is 5.96. The fourth-order valence-electron chi connectivity index (χ4n) is 4.64. The van der Waals surface area contributed by atoms with Crippen molar-refractivity contribution in [2.24, 2.45) is 0 Å². The fourth-order valence-corrected chi connectivity index (χ4v) is 4.64. The Morgan fingerprint density at radius 2 is 1.73 bits per heavy atom. The summed E-state index contributed by atoms with van der Waals surface area (Å²) in [6.45, 7) is 2.27. The van der Waals surface area contributed by atoms with E-state index in [1.54, 1.807) is 49.2 Å². The van der Waals surface area contributed by atoms with Gasteiger partial charge in [0.1, 0.15) is 22.6 Å². The Labute approximate surface area is 229 Å². The van der Waals surface area contributed by atoms with Crippen LogP contribution in [0.15, 0.2) is 71.7 Å². The van der Waals surface area contributed by atoms with E-state index in [-0.39, 0.29) is 40.9 Å². The SMILES string of the molecule is COc1ccc(CCn2c(=N)c(C(=O)NCc3ccc(F)cc3)cc3c(=O)n4cccc(C)c4nc32)cc1OC. The van der Waals surface area contributed by atoms with Crippen molar-refractivity contribution in [3.63, 3.8) is 0 Å². The first-order valence-corrected chi connectivity index (χ1v) is 12.6. The lowest BCUT2D eigenvalue weighted by atomic mass is 10.1. The van der Waals surface area contributed by atoms with E-state index in [0.717, 1.165) is 11.1 Å². The largest absolute Gasteiger partial charge is 0.493 e. The number of nitrogens with one attached hydrogen (secondary N) is 2. The first kappa shape index (κ1) is 26.6. The van der Waals surface area contributed by atoms with Gasteiger partial charge in [-0.3, -0.25) is 19.4 Å². The van der Waals surface area contributed by atoms with Crippen LogP contribution in [-0.2, 0) is 19.5 Å². The fraction of sp³-hybridized carbons (Fsp3) is 0.200. The number of carbonyl (C=O) groups excluding carboxylic acids is 1. The summed E-state index contributed by atoms with van der Waals surface area (Å²) in [6, 6.07) is 16.4. The summed E-state index contributed by atoms with van der Waals surface area (Å²) in [6.07, 6.45) is 2.11. The van der Waals surface area contributed by atoms with Crippen LogP contribution < -0.4 is 25.8 Å². The van der Waals surface area contributed by atoms with Crippen LogP contribution in [0.3, 0.4) is 0 Å². The van der Waals surface area contributed by atoms with Gasteiger partial charge < -0.3 is 19.4 Å². The Bertz CT molecular complexity index is 1860. The van der Waals surface area contributed by atoms with Crippen molar-refractivity contribution >= 4 is 22.6 Å². The lowest BCUT2D eigenvalue weighted by Crippen LogP contribution is -2.35. The van der Waals surface area contributed by atoms with E-state index in [2.05, 4.69) is 5.32 Å². The van der Waals surface area contributed by atoms with Gasteiger partial charge >= 0.3 is 0 Å². The van der Waals surface area contributed by atoms with Gasteiger partial charge in [0.2, 0.25) is 0 Å². The number of benzene rings is 2. The molecule has 0 aliphatic carbocycles. The lowest BCUT2D eigenvalue weighted by Gasteiger charge is -2.16. The standard InChI is InChI=1S/C30H28FN5O4/c1-18-5-4-13-36-27(18)34-28-23(30(36)38)16-22(29(37)33-17-20-6-9-21(31)10-7-20)26(32)35(28)14-12-19-8-11-24(39-2)25(15-19)40-3/h4-11,13,15-16,32H,12,14,17H2,1-3H3,(H,33,37). The molecule has 0 bridgehead atoms. The van der Waals surface area contributed by atoms with E-state index in [0.29, 0.717) is 34.8 Å². The Kier molecular flexibility index (Phi) is 7.33. The Morgan fingerprint density at radius 3 is 2.45 bits per heavy atom. The molecule has 204 valence electrons. The average Bonchev–Trinajstić information content (AvgIpc) is 2.96. The minimum Gasteiger partial charge on any atom is -0.493 e. The molecule has 0 fully saturated rings. The second-order valence-corrected chi connectivity index (χ2v) is 9.35. The Morgan fingerprint density at radius 1 is 1.00 bits per heavy atom. The van der Waals surface area contributed by atoms with Crippen molar-refractivity contribution in [2.75, 3.05) is 14.2 Å². The molecule has 9 nitrogen and oxygen atoms in total. The number of halogens is 1. The molecular formula is C30H28FN5O4. The molecule has 0 saturated heterocycles. The third kappa shape index (κ3) is 5.03. The van der Waals surface area contributed by atoms with Gasteiger partial charge in [-0.05, 0) is 66.4 Å². The molecule has 5 rings (SSSR count). The zero-order chi connectivity index (χ0) is 28.4. The van der Waals surface area contributed by atoms with Crippen molar-refractivity contribution in [3.05, 3.63) is 111 Å². The Hall–Kier alpha value is -4.99. The van der Waals surface area contributed by atoms with Crippen molar-refractivity contribution < 1.29 is 18.7 Å². The molecule has 0 spiro atoms. The van der Waals surface area contributed by atoms with Gasteiger partial charge in [0.15, 0.2) is 11.5 Å². The molecule has 2 aromatic carbocycles. The number of rotatable bonds is 8. The number of carbonyl (C=O) groups is 1. The number of hydrogen-bond acceptors (Lipinski definition) is 6. The number of aromatic nitrogens is 3. The second-order valence-electron chi connectivity index (χ2n) is 9.35. The van der Waals surface area contributed by atoms with Crippen molar-refractivity contribution in [2.45, 2.75) is 26.4 Å². The number of hydrogen-bond donors (Lipinski definition) is 2. The molecule has 3 aromatic heterocycles. The maximum atomic E-state index is 13.6. The predicted molar refractivity (Wildman–Crippen MR) is 148 cm³/mol. The molecule has 3 heterocycles. The zero-order valence-corrected chi connectivity index (χ0v) is 22.3. The van der Waals surface area contributed by atoms with Crippen LogP contribution in [0.4, 0.5) is 4.39 Å². The third-order valence-corrected chi connectivity index (χ3v) is 6.82. The zero-order valence-electron chi connectivity index (χ0n) is 22.3. The summed E-state index contributed by atoms with van der Waals surface area (Å²) in [5.41, 5.74) is 2.84. The quantitative estimate of drug-likeness (QED) is 0.291. The maximum Gasteiger partial charge on any atom is 0.267 e. The third-order valence-electron chi connectivity index (χ3n) is 6.82. The monoisotopic (exact) mass is 541 g/mol. The molecule has 0 saturated carbocycles. The van der Waals surface area contributed by atoms with Gasteiger partial charge in [0.25, 0.3) is 11.5 Å². The number of amides is 1. The first-order chi connectivity index (χ1) is 19.3. The van der Waals surface area contributed by atoms with Gasteiger partial charge in [-0.2, -0.15) is 0 Å². The number of fused-ring (bicyclic) bond motifs is 2. The van der Waals surface area contributed by atoms with Crippen molar-refractivity contribution in [1.82, 2.24) is 19.3 Å². The van der Waals surface area contributed by atoms with E-state index in [4.69, 9.17) is 19.9 Å². The van der Waals surface area contributed by atoms with Gasteiger partial charge in [-0.25, -0.2) is 9.37 Å². The average molecular weight is 542 g/mol. The van der Waals surface area contributed by atoms with Crippen molar-refractivity contribution in [1.29, 1.82) is 5.41 Å². The molecule has 0 radical (unpaired) electrons. The summed E-state index contributed by atoms with van der Waals surface area (Å²) in [5.74, 6) is 0.281. The van der Waals surface area contributed by atoms with E-state index in [1.807, 2.05) is 25.1 Å². The van der Waals surface area contributed by atoms with Gasteiger partial charge in [0, 0.05) is 19.3 Å². The van der Waals surface area contributed by atoms with Crippen LogP contribution in [0, 0.1) is 18.2 Å². The maximum absolute atomic E-state index is 13.6. The number of ether oxygens (including phenoxy) is 2. The molecule has 0 unspecified atom stereocenters. The van der Waals surface area contributed by atoms with Gasteiger partial charge in [-0.15, -0.1) is 0 Å². The molecular weight excluding hydrogens is 513 g/mol. The molecule has 0 aliphatic rings. The van der Waals surface area contributed by atoms with E-state index >= 15 is 0 Å². The molecule has 10 heteroatoms. The van der Waals surface area contributed by atoms with Crippen LogP contribution >= 0.6 is 0 Å². The highest BCUT2D eigenvalue weighted by atomic mass is 19.1. The highest BCUT2D eigenvalue weighted by Gasteiger charge is 2.18. The lowest BCUT2D eigenvalue weighted by molar-refractivity contribution is 0.0948. The molecule has 2 N–H and O–H groups in total. The minimum absolute atomic E-state index is 0.0356. The molecule has 40 heavy (non-hydrogen) atoms. The summed E-state index contributed by atoms with van der Waals surface area (Å²) in [7, 11) is 3.12. The predicted octanol–water partition coefficient (Wildman–Crippen LogP) is 3.77. The topological polar surface area (TPSA) is 111 Å². The normalized spacial score (nSPS) is 11.1. The number of pyridine rings is 2. The van der Waals surface area contributed by atoms with Gasteiger partial charge in [-0.1, -0.05) is 24.3 Å².